The van der Waals surface area contributed by atoms with Gasteiger partial charge in [-0.05, 0) is 53.8 Å². The zero-order valence-electron chi connectivity index (χ0n) is 11.3. The number of rotatable bonds is 9. The van der Waals surface area contributed by atoms with Gasteiger partial charge in [-0.2, -0.15) is 0 Å². The third-order valence-electron chi connectivity index (χ3n) is 3.06. The summed E-state index contributed by atoms with van der Waals surface area (Å²) < 4.78 is 0. The predicted molar refractivity (Wildman–Crippen MR) is 69.4 cm³/mol. The molecule has 2 nitrogen and oxygen atoms in total. The Kier molecular flexibility index (Phi) is 9.12. The molecule has 15 heavy (non-hydrogen) atoms. The molecule has 0 bridgehead atoms. The van der Waals surface area contributed by atoms with Gasteiger partial charge in [0.15, 0.2) is 0 Å². The van der Waals surface area contributed by atoms with Crippen LogP contribution in [0.2, 0.25) is 0 Å². The molecule has 0 aromatic rings. The second-order valence-electron chi connectivity index (χ2n) is 4.78. The molecule has 0 saturated heterocycles. The third kappa shape index (κ3) is 6.91. The molecule has 0 fully saturated rings. The first kappa shape index (κ1) is 14.9. The molecule has 92 valence electrons. The fourth-order valence-electron chi connectivity index (χ4n) is 2.05. The van der Waals surface area contributed by atoms with Gasteiger partial charge in [-0.15, -0.1) is 0 Å². The highest BCUT2D eigenvalue weighted by molar-refractivity contribution is 4.71. The Hall–Kier alpha value is -0.0800. The summed E-state index contributed by atoms with van der Waals surface area (Å²) >= 11 is 0. The summed E-state index contributed by atoms with van der Waals surface area (Å²) in [7, 11) is 2.03. The Morgan fingerprint density at radius 2 is 1.80 bits per heavy atom. The highest BCUT2D eigenvalue weighted by atomic mass is 15.2. The molecule has 0 spiro atoms. The van der Waals surface area contributed by atoms with E-state index in [0.717, 1.165) is 6.54 Å². The molecule has 0 amide bonds. The van der Waals surface area contributed by atoms with Crippen LogP contribution in [0, 0.1) is 0 Å². The molecule has 0 radical (unpaired) electrons. The zero-order chi connectivity index (χ0) is 11.7. The minimum absolute atomic E-state index is 0.675. The minimum atomic E-state index is 0.675. The first-order valence-corrected chi connectivity index (χ1v) is 6.53. The maximum Gasteiger partial charge on any atom is 0.00817 e. The van der Waals surface area contributed by atoms with Crippen molar-refractivity contribution in [2.45, 2.75) is 65.5 Å². The van der Waals surface area contributed by atoms with Gasteiger partial charge in [-0.25, -0.2) is 0 Å². The van der Waals surface area contributed by atoms with E-state index in [9.17, 15) is 0 Å². The van der Waals surface area contributed by atoms with Crippen molar-refractivity contribution in [3.63, 3.8) is 0 Å². The molecule has 0 saturated carbocycles. The summed E-state index contributed by atoms with van der Waals surface area (Å²) in [6.45, 7) is 11.6. The van der Waals surface area contributed by atoms with Crippen molar-refractivity contribution in [1.29, 1.82) is 0 Å². The van der Waals surface area contributed by atoms with Crippen LogP contribution in [0.25, 0.3) is 0 Å². The topological polar surface area (TPSA) is 15.3 Å². The Labute approximate surface area is 96.4 Å². The van der Waals surface area contributed by atoms with Crippen LogP contribution < -0.4 is 5.32 Å². The molecule has 0 aromatic carbocycles. The van der Waals surface area contributed by atoms with Crippen molar-refractivity contribution in [3.05, 3.63) is 0 Å². The lowest BCUT2D eigenvalue weighted by Gasteiger charge is -2.32. The van der Waals surface area contributed by atoms with Gasteiger partial charge in [-0.3, -0.25) is 4.90 Å². The van der Waals surface area contributed by atoms with Crippen LogP contribution in [0.3, 0.4) is 0 Å². The number of unbranched alkanes of at least 4 members (excludes halogenated alkanes) is 2. The number of nitrogens with one attached hydrogen (secondary N) is 1. The van der Waals surface area contributed by atoms with Gasteiger partial charge in [0.05, 0.1) is 0 Å². The second kappa shape index (κ2) is 9.17. The van der Waals surface area contributed by atoms with Crippen molar-refractivity contribution < 1.29 is 0 Å². The number of hydrogen-bond acceptors (Lipinski definition) is 2. The van der Waals surface area contributed by atoms with Crippen LogP contribution >= 0.6 is 0 Å². The Balaban J connectivity index is 3.89. The normalized spacial score (nSPS) is 13.8. The first-order chi connectivity index (χ1) is 7.13. The molecule has 1 N–H and O–H groups in total. The van der Waals surface area contributed by atoms with Crippen LogP contribution in [0.4, 0.5) is 0 Å². The van der Waals surface area contributed by atoms with E-state index in [2.05, 4.69) is 37.9 Å². The standard InChI is InChI=1S/C13H30N2/c1-6-7-8-11-15(12(2)3)13(4)9-10-14-5/h12-14H,6-11H2,1-5H3. The average Bonchev–Trinajstić information content (AvgIpc) is 2.20. The van der Waals surface area contributed by atoms with Gasteiger partial charge in [0.2, 0.25) is 0 Å². The number of hydrogen-bond donors (Lipinski definition) is 1. The molecule has 1 atom stereocenters. The lowest BCUT2D eigenvalue weighted by atomic mass is 10.1. The second-order valence-corrected chi connectivity index (χ2v) is 4.78. The smallest absolute Gasteiger partial charge is 0.00817 e. The highest BCUT2D eigenvalue weighted by Crippen LogP contribution is 2.10. The van der Waals surface area contributed by atoms with Gasteiger partial charge in [0.25, 0.3) is 0 Å². The van der Waals surface area contributed by atoms with Crippen molar-refractivity contribution in [2.24, 2.45) is 0 Å². The van der Waals surface area contributed by atoms with E-state index in [1.807, 2.05) is 7.05 Å². The van der Waals surface area contributed by atoms with Crippen molar-refractivity contribution in [3.8, 4) is 0 Å². The monoisotopic (exact) mass is 214 g/mol. The van der Waals surface area contributed by atoms with Gasteiger partial charge >= 0.3 is 0 Å². The number of nitrogens with zero attached hydrogens (tertiary/aromatic N) is 1. The quantitative estimate of drug-likeness (QED) is 0.594. The molecule has 0 aliphatic heterocycles. The Morgan fingerprint density at radius 1 is 1.13 bits per heavy atom. The summed E-state index contributed by atoms with van der Waals surface area (Å²) in [6.07, 6.45) is 5.28. The fourth-order valence-corrected chi connectivity index (χ4v) is 2.05. The van der Waals surface area contributed by atoms with Gasteiger partial charge in [-0.1, -0.05) is 19.8 Å². The van der Waals surface area contributed by atoms with Crippen LogP contribution in [-0.4, -0.2) is 37.1 Å². The molecule has 0 heterocycles. The van der Waals surface area contributed by atoms with E-state index >= 15 is 0 Å². The molecular weight excluding hydrogens is 184 g/mol. The summed E-state index contributed by atoms with van der Waals surface area (Å²) in [5.41, 5.74) is 0. The van der Waals surface area contributed by atoms with Crippen molar-refractivity contribution in [1.82, 2.24) is 10.2 Å². The Morgan fingerprint density at radius 3 is 2.27 bits per heavy atom. The van der Waals surface area contributed by atoms with Crippen molar-refractivity contribution in [2.75, 3.05) is 20.1 Å². The predicted octanol–water partition coefficient (Wildman–Crippen LogP) is 2.89. The van der Waals surface area contributed by atoms with Crippen LogP contribution in [-0.2, 0) is 0 Å². The lowest BCUT2D eigenvalue weighted by molar-refractivity contribution is 0.153. The van der Waals surface area contributed by atoms with E-state index in [4.69, 9.17) is 0 Å². The van der Waals surface area contributed by atoms with Crippen LogP contribution in [0.1, 0.15) is 53.4 Å². The van der Waals surface area contributed by atoms with Gasteiger partial charge in [0.1, 0.15) is 0 Å². The molecular formula is C13H30N2. The minimum Gasteiger partial charge on any atom is -0.320 e. The average molecular weight is 214 g/mol. The third-order valence-corrected chi connectivity index (χ3v) is 3.06. The van der Waals surface area contributed by atoms with Gasteiger partial charge < -0.3 is 5.32 Å². The molecule has 0 aromatic heterocycles. The van der Waals surface area contributed by atoms with E-state index in [1.54, 1.807) is 0 Å². The van der Waals surface area contributed by atoms with E-state index in [1.165, 1.54) is 32.2 Å². The van der Waals surface area contributed by atoms with E-state index < -0.39 is 0 Å². The molecule has 0 rings (SSSR count). The molecule has 0 aliphatic rings. The summed E-state index contributed by atoms with van der Waals surface area (Å²) in [5, 5.41) is 3.23. The molecule has 0 aliphatic carbocycles. The summed E-state index contributed by atoms with van der Waals surface area (Å²) in [5.74, 6) is 0. The molecule has 2 heteroatoms. The Bertz CT molecular complexity index is 134. The first-order valence-electron chi connectivity index (χ1n) is 6.53. The van der Waals surface area contributed by atoms with E-state index in [-0.39, 0.29) is 0 Å². The van der Waals surface area contributed by atoms with Crippen LogP contribution in [0.5, 0.6) is 0 Å². The largest absolute Gasteiger partial charge is 0.320 e. The summed E-state index contributed by atoms with van der Waals surface area (Å²) in [6, 6.07) is 1.38. The maximum absolute atomic E-state index is 3.23. The van der Waals surface area contributed by atoms with Gasteiger partial charge in [0, 0.05) is 12.1 Å². The van der Waals surface area contributed by atoms with Crippen LogP contribution in [0.15, 0.2) is 0 Å². The lowest BCUT2D eigenvalue weighted by Crippen LogP contribution is -2.40. The summed E-state index contributed by atoms with van der Waals surface area (Å²) in [4.78, 5) is 2.63. The SMILES string of the molecule is CCCCCN(C(C)C)C(C)CCNC. The maximum atomic E-state index is 3.23. The van der Waals surface area contributed by atoms with E-state index in [0.29, 0.717) is 12.1 Å². The fraction of sp³-hybridized carbons (Fsp3) is 1.00. The highest BCUT2D eigenvalue weighted by Gasteiger charge is 2.15. The van der Waals surface area contributed by atoms with Crippen molar-refractivity contribution >= 4 is 0 Å². The zero-order valence-corrected chi connectivity index (χ0v) is 11.3. The molecule has 1 unspecified atom stereocenters.